The zero-order chi connectivity index (χ0) is 37.7. The third-order valence-electron chi connectivity index (χ3n) is 8.98. The lowest BCUT2D eigenvalue weighted by Gasteiger charge is -2.12. The van der Waals surface area contributed by atoms with E-state index < -0.39 is 0 Å². The summed E-state index contributed by atoms with van der Waals surface area (Å²) < 4.78 is 4.15. The van der Waals surface area contributed by atoms with Gasteiger partial charge in [-0.25, -0.2) is 9.15 Å². The minimum Gasteiger partial charge on any atom is -0.340 e. The van der Waals surface area contributed by atoms with Gasteiger partial charge in [-0.05, 0) is 68.5 Å². The van der Waals surface area contributed by atoms with Crippen LogP contribution in [0.5, 0.6) is 0 Å². The largest absolute Gasteiger partial charge is 0.340 e. The summed E-state index contributed by atoms with van der Waals surface area (Å²) in [5.74, 6) is 6.51. The normalized spacial score (nSPS) is 18.2. The highest BCUT2D eigenvalue weighted by Crippen LogP contribution is 2.24. The molecule has 0 spiro atoms. The minimum atomic E-state index is 0.787. The van der Waals surface area contributed by atoms with Crippen molar-refractivity contribution in [3.63, 3.8) is 0 Å². The molecule has 0 radical (unpaired) electrons. The Hall–Kier alpha value is -5.44. The van der Waals surface area contributed by atoms with Crippen LogP contribution in [0.25, 0.3) is 11.6 Å². The lowest BCUT2D eigenvalue weighted by molar-refractivity contribution is -0.693. The van der Waals surface area contributed by atoms with Crippen molar-refractivity contribution in [1.29, 1.82) is 0 Å². The lowest BCUT2D eigenvalue weighted by atomic mass is 10.1. The van der Waals surface area contributed by atoms with Gasteiger partial charge in [0.25, 0.3) is 46.7 Å². The number of aliphatic imine (C=N–C) groups is 4. The van der Waals surface area contributed by atoms with Crippen LogP contribution in [0, 0.1) is 14.1 Å². The van der Waals surface area contributed by atoms with Gasteiger partial charge in [-0.15, -0.1) is 14.1 Å². The fourth-order valence-electron chi connectivity index (χ4n) is 6.81. The van der Waals surface area contributed by atoms with Crippen LogP contribution < -0.4 is 20.2 Å². The molecular formula is C44H52N8+2. The van der Waals surface area contributed by atoms with Gasteiger partial charge in [-0.1, -0.05) is 104 Å². The van der Waals surface area contributed by atoms with Gasteiger partial charge in [0.15, 0.2) is 0 Å². The van der Waals surface area contributed by atoms with E-state index in [1.165, 1.54) is 0 Å². The van der Waals surface area contributed by atoms with Crippen molar-refractivity contribution < 1.29 is 19.0 Å². The molecule has 5 heterocycles. The van der Waals surface area contributed by atoms with Crippen LogP contribution in [-0.4, -0.2) is 58.3 Å². The predicted octanol–water partition coefficient (Wildman–Crippen LogP) is 4.21. The molecular weight excluding hydrogens is 641 g/mol. The topological polar surface area (TPSA) is 64.3 Å². The molecule has 52 heavy (non-hydrogen) atoms. The Bertz CT molecular complexity index is 2170. The van der Waals surface area contributed by atoms with Crippen molar-refractivity contribution in [3.05, 3.63) is 155 Å². The maximum Gasteiger partial charge on any atom is 0.287 e. The highest BCUT2D eigenvalue weighted by Gasteiger charge is 2.43. The van der Waals surface area contributed by atoms with Gasteiger partial charge >= 0.3 is 0 Å². The molecule has 0 saturated heterocycles. The Morgan fingerprint density at radius 3 is 1.08 bits per heavy atom. The van der Waals surface area contributed by atoms with E-state index in [0.29, 0.717) is 0 Å². The number of hydrogen-bond donors (Lipinski definition) is 2. The SMILES string of the molecule is CC.CC.CC.CC.[CH2-][NH+]1C2=NC3=[N+](C)C(=NC4=c5ccccc5=C(N=C5c6ccccc6C(=[N+]5C)N=C1c1ccccc12)[NH+]4[CH2-])c1ccccc13. The van der Waals surface area contributed by atoms with E-state index in [2.05, 4.69) is 71.8 Å². The summed E-state index contributed by atoms with van der Waals surface area (Å²) in [4.78, 5) is 22.9. The van der Waals surface area contributed by atoms with Crippen LogP contribution in [0.4, 0.5) is 0 Å². The van der Waals surface area contributed by atoms with Crippen LogP contribution >= 0.6 is 0 Å². The first-order chi connectivity index (χ1) is 25.5. The summed E-state index contributed by atoms with van der Waals surface area (Å²) in [6.07, 6.45) is 0. The number of rotatable bonds is 0. The van der Waals surface area contributed by atoms with E-state index in [-0.39, 0.29) is 0 Å². The summed E-state index contributed by atoms with van der Waals surface area (Å²) in [6.45, 7) is 16.0. The summed E-state index contributed by atoms with van der Waals surface area (Å²) in [5.41, 5.74) is 6.10. The second kappa shape index (κ2) is 16.3. The average molecular weight is 693 g/mol. The number of benzene rings is 4. The van der Waals surface area contributed by atoms with Gasteiger partial charge in [0.05, 0.1) is 57.9 Å². The van der Waals surface area contributed by atoms with Crippen molar-refractivity contribution in [2.45, 2.75) is 55.4 Å². The zero-order valence-electron chi connectivity index (χ0n) is 32.3. The van der Waals surface area contributed by atoms with Crippen LogP contribution in [-0.2, 0) is 0 Å². The maximum atomic E-state index is 5.33. The number of fused-ring (bicyclic) bond motifs is 16. The molecule has 9 rings (SSSR count). The van der Waals surface area contributed by atoms with Crippen molar-refractivity contribution in [2.75, 3.05) is 14.1 Å². The molecule has 4 aromatic rings. The van der Waals surface area contributed by atoms with Crippen molar-refractivity contribution in [2.24, 2.45) is 20.0 Å². The van der Waals surface area contributed by atoms with Gasteiger partial charge in [0, 0.05) is 0 Å². The minimum absolute atomic E-state index is 0.787. The number of amidine groups is 6. The van der Waals surface area contributed by atoms with Gasteiger partial charge in [-0.3, -0.25) is 0 Å². The number of nitrogens with one attached hydrogen (secondary N) is 2. The second-order valence-electron chi connectivity index (χ2n) is 11.4. The van der Waals surface area contributed by atoms with Crippen molar-refractivity contribution in [1.82, 2.24) is 0 Å². The van der Waals surface area contributed by atoms with Crippen molar-refractivity contribution >= 4 is 46.7 Å². The summed E-state index contributed by atoms with van der Waals surface area (Å²) in [7, 11) is 13.1. The highest BCUT2D eigenvalue weighted by molar-refractivity contribution is 6.25. The lowest BCUT2D eigenvalue weighted by Crippen LogP contribution is -3.10. The molecule has 0 amide bonds. The average Bonchev–Trinajstić information content (AvgIpc) is 3.83. The fraction of sp³-hybridized carbons (Fsp3) is 0.227. The Labute approximate surface area is 309 Å². The molecule has 4 aromatic carbocycles. The molecule has 0 atom stereocenters. The van der Waals surface area contributed by atoms with E-state index in [4.69, 9.17) is 20.0 Å². The number of hydrogen-bond acceptors (Lipinski definition) is 4. The monoisotopic (exact) mass is 692 g/mol. The van der Waals surface area contributed by atoms with E-state index in [9.17, 15) is 0 Å². The second-order valence-corrected chi connectivity index (χ2v) is 11.4. The van der Waals surface area contributed by atoms with E-state index in [1.807, 2.05) is 118 Å². The molecule has 0 aliphatic carbocycles. The first kappa shape index (κ1) is 37.8. The Morgan fingerprint density at radius 2 is 0.712 bits per heavy atom. The van der Waals surface area contributed by atoms with Crippen molar-refractivity contribution in [3.8, 4) is 0 Å². The Balaban J connectivity index is 0.000000614. The molecule has 266 valence electrons. The smallest absolute Gasteiger partial charge is 0.287 e. The fourth-order valence-corrected chi connectivity index (χ4v) is 6.81. The molecule has 0 unspecified atom stereocenters. The summed E-state index contributed by atoms with van der Waals surface area (Å²) in [5, 5.41) is 2.03. The maximum absolute atomic E-state index is 5.33. The van der Waals surface area contributed by atoms with Crippen LogP contribution in [0.2, 0.25) is 0 Å². The predicted molar refractivity (Wildman–Crippen MR) is 217 cm³/mol. The third kappa shape index (κ3) is 6.02. The molecule has 2 N–H and O–H groups in total. The van der Waals surface area contributed by atoms with Gasteiger partial charge in [0.2, 0.25) is 0 Å². The standard InChI is InChI=1S/C36H28N8.4C2H6/c1-41-29-21-13-5-6-14-22(21)30(41)38-32-24-16-8-10-18-26(24)34(43(32)3)40-36-28-20-12-11-19-27(28)35(44(36)4)39-33-25-17-9-7-15-23(25)31(37-29)42(33)2;4*1-2/h5-20,41,44H,1,4H2,2-3H3;4*1-2H3/q+2;;;;. The number of quaternary nitrogens is 2. The molecule has 8 nitrogen and oxygen atoms in total. The summed E-state index contributed by atoms with van der Waals surface area (Å²) >= 11 is 0. The van der Waals surface area contributed by atoms with E-state index in [1.54, 1.807) is 0 Å². The van der Waals surface area contributed by atoms with Crippen LogP contribution in [0.1, 0.15) is 88.8 Å². The van der Waals surface area contributed by atoms with E-state index >= 15 is 0 Å². The Morgan fingerprint density at radius 1 is 0.404 bits per heavy atom. The van der Waals surface area contributed by atoms with Gasteiger partial charge in [0.1, 0.15) is 0 Å². The first-order valence-electron chi connectivity index (χ1n) is 18.6. The Kier molecular flexibility index (Phi) is 11.8. The zero-order valence-corrected chi connectivity index (χ0v) is 32.3. The molecule has 8 heteroatoms. The van der Waals surface area contributed by atoms with Gasteiger partial charge in [-0.2, -0.15) is 0 Å². The summed E-state index contributed by atoms with van der Waals surface area (Å²) in [6, 6.07) is 33.2. The van der Waals surface area contributed by atoms with Gasteiger partial charge < -0.3 is 9.80 Å². The quantitative estimate of drug-likeness (QED) is 0.205. The third-order valence-corrected chi connectivity index (χ3v) is 8.98. The molecule has 5 aliphatic heterocycles. The van der Waals surface area contributed by atoms with Crippen LogP contribution in [0.3, 0.4) is 0 Å². The number of nitrogens with zero attached hydrogens (tertiary/aromatic N) is 6. The molecule has 8 bridgehead atoms. The van der Waals surface area contributed by atoms with E-state index in [0.717, 1.165) is 100 Å². The highest BCUT2D eigenvalue weighted by atomic mass is 15.3. The molecule has 0 aromatic heterocycles. The van der Waals surface area contributed by atoms with Crippen LogP contribution in [0.15, 0.2) is 117 Å². The first-order valence-corrected chi connectivity index (χ1v) is 18.6. The molecule has 0 fully saturated rings. The molecule has 0 saturated carbocycles. The molecule has 5 aliphatic rings.